The Hall–Kier alpha value is -1.89. The molecule has 1 fully saturated rings. The van der Waals surface area contributed by atoms with Crippen molar-refractivity contribution < 1.29 is 4.42 Å². The SMILES string of the molecule is CCn1ccnc1CN1CCCN(c2nnc(C)o2)CC1. The lowest BCUT2D eigenvalue weighted by Crippen LogP contribution is -2.31. The topological polar surface area (TPSA) is 63.2 Å². The van der Waals surface area contributed by atoms with E-state index >= 15 is 0 Å². The first kappa shape index (κ1) is 14.1. The zero-order chi connectivity index (χ0) is 14.7. The van der Waals surface area contributed by atoms with Crippen LogP contribution in [0.1, 0.15) is 25.1 Å². The first-order valence-electron chi connectivity index (χ1n) is 7.53. The fourth-order valence-electron chi connectivity index (χ4n) is 2.71. The van der Waals surface area contributed by atoms with Gasteiger partial charge in [0, 0.05) is 52.0 Å². The van der Waals surface area contributed by atoms with Crippen LogP contribution in [0.15, 0.2) is 16.8 Å². The van der Waals surface area contributed by atoms with Crippen LogP contribution in [0.5, 0.6) is 0 Å². The van der Waals surface area contributed by atoms with Crippen LogP contribution in [0.2, 0.25) is 0 Å². The normalized spacial score (nSPS) is 17.1. The molecular weight excluding hydrogens is 268 g/mol. The van der Waals surface area contributed by atoms with Crippen molar-refractivity contribution in [3.05, 3.63) is 24.1 Å². The third kappa shape index (κ3) is 3.24. The number of hydrogen-bond donors (Lipinski definition) is 0. The summed E-state index contributed by atoms with van der Waals surface area (Å²) in [5, 5.41) is 8.02. The van der Waals surface area contributed by atoms with E-state index in [-0.39, 0.29) is 0 Å². The summed E-state index contributed by atoms with van der Waals surface area (Å²) in [5.41, 5.74) is 0. The van der Waals surface area contributed by atoms with Gasteiger partial charge in [-0.1, -0.05) is 5.10 Å². The molecule has 3 rings (SSSR count). The van der Waals surface area contributed by atoms with Crippen molar-refractivity contribution in [2.24, 2.45) is 0 Å². The molecule has 0 spiro atoms. The van der Waals surface area contributed by atoms with Crippen molar-refractivity contribution in [1.29, 1.82) is 0 Å². The van der Waals surface area contributed by atoms with Gasteiger partial charge in [0.1, 0.15) is 5.82 Å². The number of hydrogen-bond acceptors (Lipinski definition) is 6. The van der Waals surface area contributed by atoms with Crippen LogP contribution < -0.4 is 4.90 Å². The van der Waals surface area contributed by atoms with Gasteiger partial charge in [-0.3, -0.25) is 4.90 Å². The van der Waals surface area contributed by atoms with E-state index < -0.39 is 0 Å². The molecule has 0 atom stereocenters. The molecule has 1 aliphatic heterocycles. The average molecular weight is 290 g/mol. The van der Waals surface area contributed by atoms with Gasteiger partial charge in [-0.15, -0.1) is 5.10 Å². The third-order valence-corrected chi connectivity index (χ3v) is 3.88. The molecule has 0 amide bonds. The smallest absolute Gasteiger partial charge is 0.318 e. The molecule has 7 nitrogen and oxygen atoms in total. The van der Waals surface area contributed by atoms with Crippen molar-refractivity contribution in [2.45, 2.75) is 33.4 Å². The molecule has 0 unspecified atom stereocenters. The quantitative estimate of drug-likeness (QED) is 0.846. The molecule has 0 saturated carbocycles. The summed E-state index contributed by atoms with van der Waals surface area (Å²) in [7, 11) is 0. The molecule has 1 saturated heterocycles. The van der Waals surface area contributed by atoms with Crippen molar-refractivity contribution in [1.82, 2.24) is 24.6 Å². The van der Waals surface area contributed by atoms with Gasteiger partial charge >= 0.3 is 6.01 Å². The summed E-state index contributed by atoms with van der Waals surface area (Å²) >= 11 is 0. The van der Waals surface area contributed by atoms with Crippen molar-refractivity contribution in [3.8, 4) is 0 Å². The van der Waals surface area contributed by atoms with Gasteiger partial charge in [0.15, 0.2) is 0 Å². The van der Waals surface area contributed by atoms with Gasteiger partial charge in [-0.25, -0.2) is 4.98 Å². The Balaban J connectivity index is 1.60. The zero-order valence-electron chi connectivity index (χ0n) is 12.7. The molecule has 2 aromatic rings. The van der Waals surface area contributed by atoms with Crippen molar-refractivity contribution in [2.75, 3.05) is 31.1 Å². The van der Waals surface area contributed by atoms with Crippen LogP contribution in [0, 0.1) is 6.92 Å². The molecular formula is C14H22N6O. The van der Waals surface area contributed by atoms with Gasteiger partial charge in [-0.05, 0) is 13.3 Å². The van der Waals surface area contributed by atoms with Gasteiger partial charge in [0.2, 0.25) is 5.89 Å². The van der Waals surface area contributed by atoms with E-state index in [0.717, 1.165) is 51.5 Å². The van der Waals surface area contributed by atoms with E-state index in [4.69, 9.17) is 4.42 Å². The monoisotopic (exact) mass is 290 g/mol. The predicted octanol–water partition coefficient (Wildman–Crippen LogP) is 1.31. The first-order chi connectivity index (χ1) is 10.3. The van der Waals surface area contributed by atoms with E-state index in [1.165, 1.54) is 0 Å². The standard InChI is InChI=1S/C14H22N6O/c1-3-19-8-5-15-13(19)11-18-6-4-7-20(10-9-18)14-17-16-12(2)21-14/h5,8H,3-4,6-7,9-11H2,1-2H3. The third-order valence-electron chi connectivity index (χ3n) is 3.88. The minimum Gasteiger partial charge on any atom is -0.408 e. The molecule has 21 heavy (non-hydrogen) atoms. The maximum absolute atomic E-state index is 5.52. The van der Waals surface area contributed by atoms with Gasteiger partial charge in [0.05, 0.1) is 6.54 Å². The lowest BCUT2D eigenvalue weighted by atomic mass is 10.4. The summed E-state index contributed by atoms with van der Waals surface area (Å²) in [4.78, 5) is 9.07. The Bertz CT molecular complexity index is 578. The minimum absolute atomic E-state index is 0.621. The second kappa shape index (κ2) is 6.26. The molecule has 0 bridgehead atoms. The minimum atomic E-state index is 0.621. The summed E-state index contributed by atoms with van der Waals surface area (Å²) < 4.78 is 7.72. The highest BCUT2D eigenvalue weighted by molar-refractivity contribution is 5.24. The first-order valence-corrected chi connectivity index (χ1v) is 7.53. The number of rotatable bonds is 4. The number of anilines is 1. The largest absolute Gasteiger partial charge is 0.408 e. The van der Waals surface area contributed by atoms with E-state index in [0.29, 0.717) is 11.9 Å². The summed E-state index contributed by atoms with van der Waals surface area (Å²) in [5.74, 6) is 1.76. The second-order valence-electron chi connectivity index (χ2n) is 5.35. The highest BCUT2D eigenvalue weighted by Crippen LogP contribution is 2.15. The Morgan fingerprint density at radius 3 is 2.86 bits per heavy atom. The summed E-state index contributed by atoms with van der Waals surface area (Å²) in [6.07, 6.45) is 5.01. The van der Waals surface area contributed by atoms with Gasteiger partial charge < -0.3 is 13.9 Å². The van der Waals surface area contributed by atoms with Crippen molar-refractivity contribution >= 4 is 6.01 Å². The Kier molecular flexibility index (Phi) is 4.19. The molecule has 2 aromatic heterocycles. The molecule has 0 aromatic carbocycles. The summed E-state index contributed by atoms with van der Waals surface area (Å²) in [6, 6.07) is 0.643. The fourth-order valence-corrected chi connectivity index (χ4v) is 2.71. The molecule has 114 valence electrons. The molecule has 3 heterocycles. The molecule has 0 radical (unpaired) electrons. The van der Waals surface area contributed by atoms with E-state index in [2.05, 4.69) is 36.5 Å². The number of aryl methyl sites for hydroxylation is 2. The number of imidazole rings is 1. The lowest BCUT2D eigenvalue weighted by molar-refractivity contribution is 0.274. The van der Waals surface area contributed by atoms with E-state index in [1.807, 2.05) is 19.3 Å². The van der Waals surface area contributed by atoms with Crippen LogP contribution >= 0.6 is 0 Å². The van der Waals surface area contributed by atoms with Crippen LogP contribution in [0.4, 0.5) is 6.01 Å². The van der Waals surface area contributed by atoms with Crippen LogP contribution in [0.25, 0.3) is 0 Å². The van der Waals surface area contributed by atoms with E-state index in [9.17, 15) is 0 Å². The van der Waals surface area contributed by atoms with Gasteiger partial charge in [0.25, 0.3) is 0 Å². The predicted molar refractivity (Wildman–Crippen MR) is 79.0 cm³/mol. The molecule has 7 heteroatoms. The maximum Gasteiger partial charge on any atom is 0.318 e. The Morgan fingerprint density at radius 2 is 2.10 bits per heavy atom. The van der Waals surface area contributed by atoms with Crippen molar-refractivity contribution in [3.63, 3.8) is 0 Å². The number of aromatic nitrogens is 4. The van der Waals surface area contributed by atoms with E-state index in [1.54, 1.807) is 0 Å². The molecule has 1 aliphatic rings. The van der Waals surface area contributed by atoms with Gasteiger partial charge in [-0.2, -0.15) is 0 Å². The summed E-state index contributed by atoms with van der Waals surface area (Å²) in [6.45, 7) is 9.76. The Morgan fingerprint density at radius 1 is 1.19 bits per heavy atom. The molecule has 0 aliphatic carbocycles. The number of nitrogens with zero attached hydrogens (tertiary/aromatic N) is 6. The lowest BCUT2D eigenvalue weighted by Gasteiger charge is -2.20. The fraction of sp³-hybridized carbons (Fsp3) is 0.643. The average Bonchev–Trinajstić information content (AvgIpc) is 3.04. The highest BCUT2D eigenvalue weighted by Gasteiger charge is 2.19. The van der Waals surface area contributed by atoms with Crippen LogP contribution in [-0.4, -0.2) is 50.8 Å². The highest BCUT2D eigenvalue weighted by atomic mass is 16.4. The second-order valence-corrected chi connectivity index (χ2v) is 5.35. The zero-order valence-corrected chi connectivity index (χ0v) is 12.7. The van der Waals surface area contributed by atoms with Crippen LogP contribution in [-0.2, 0) is 13.1 Å². The van der Waals surface area contributed by atoms with Crippen LogP contribution in [0.3, 0.4) is 0 Å². The molecule has 0 N–H and O–H groups in total. The Labute approximate surface area is 124 Å². The maximum atomic E-state index is 5.52.